The first-order valence-corrected chi connectivity index (χ1v) is 6.43. The van der Waals surface area contributed by atoms with Gasteiger partial charge in [-0.25, -0.2) is 6.61 Å². The Morgan fingerprint density at radius 2 is 2.00 bits per heavy atom. The van der Waals surface area contributed by atoms with Gasteiger partial charge < -0.3 is 19.3 Å². The quantitative estimate of drug-likeness (QED) is 0.583. The summed E-state index contributed by atoms with van der Waals surface area (Å²) in [5, 5.41) is 9.31. The van der Waals surface area contributed by atoms with Crippen molar-refractivity contribution in [2.75, 3.05) is 12.8 Å². The van der Waals surface area contributed by atoms with Gasteiger partial charge in [0.15, 0.2) is 0 Å². The Morgan fingerprint density at radius 1 is 1.44 bits per heavy atom. The smallest absolute Gasteiger partial charge is 0.328 e. The van der Waals surface area contributed by atoms with E-state index >= 15 is 0 Å². The maximum Gasteiger partial charge on any atom is 0.328 e. The van der Waals surface area contributed by atoms with Gasteiger partial charge in [0.05, 0.1) is 18.8 Å². The Labute approximate surface area is 137 Å². The molecule has 0 aromatic carbocycles. The average molecular weight is 360 g/mol. The van der Waals surface area contributed by atoms with Gasteiger partial charge in [-0.1, -0.05) is 29.2 Å². The van der Waals surface area contributed by atoms with Crippen molar-refractivity contribution in [3.05, 3.63) is 6.61 Å². The van der Waals surface area contributed by atoms with Crippen LogP contribution in [0.15, 0.2) is 0 Å². The van der Waals surface area contributed by atoms with Crippen LogP contribution < -0.4 is 0 Å². The second-order valence-electron chi connectivity index (χ2n) is 3.30. The summed E-state index contributed by atoms with van der Waals surface area (Å²) in [7, 11) is -3.48. The zero-order valence-corrected chi connectivity index (χ0v) is 12.4. The van der Waals surface area contributed by atoms with Gasteiger partial charge in [-0.05, 0) is 6.42 Å². The molecule has 0 aromatic rings. The molecule has 5 nitrogen and oxygen atoms in total. The number of hydrogen-bond acceptors (Lipinski definition) is 4. The number of rotatable bonds is 5. The molecule has 0 amide bonds. The Bertz CT molecular complexity index is 227. The zero-order chi connectivity index (χ0) is 10.6. The second kappa shape index (κ2) is 13.2. The third-order valence-electron chi connectivity index (χ3n) is 1.98. The van der Waals surface area contributed by atoms with E-state index < -0.39 is 19.8 Å². The minimum atomic E-state index is -3.48. The second-order valence-corrected chi connectivity index (χ2v) is 5.28. The summed E-state index contributed by atoms with van der Waals surface area (Å²) in [6.45, 7) is 3.26. The first kappa shape index (κ1) is 27.5. The molecule has 1 fully saturated rings. The topological polar surface area (TPSA) is 76.0 Å². The minimum Gasteiger partial charge on any atom is -0.546 e. The largest absolute Gasteiger partial charge is 0.546 e. The molecule has 18 heavy (non-hydrogen) atoms. The summed E-state index contributed by atoms with van der Waals surface area (Å²) in [4.78, 5) is 9.25. The Balaban J connectivity index is -0.000000245. The van der Waals surface area contributed by atoms with E-state index in [2.05, 4.69) is 0 Å². The van der Waals surface area contributed by atoms with Gasteiger partial charge in [0.1, 0.15) is 0 Å². The molecule has 0 bridgehead atoms. The van der Waals surface area contributed by atoms with E-state index in [-0.39, 0.29) is 67.8 Å². The van der Waals surface area contributed by atoms with Crippen molar-refractivity contribution >= 4 is 7.60 Å². The summed E-state index contributed by atoms with van der Waals surface area (Å²) in [6.07, 6.45) is 0.0364. The Kier molecular flexibility index (Phi) is 20.1. The third kappa shape index (κ3) is 10.0. The van der Waals surface area contributed by atoms with Crippen molar-refractivity contribution in [3.63, 3.8) is 0 Å². The summed E-state index contributed by atoms with van der Waals surface area (Å²) >= 11 is 0. The van der Waals surface area contributed by atoms with E-state index in [1.54, 1.807) is 6.92 Å². The monoisotopic (exact) mass is 360 g/mol. The summed E-state index contributed by atoms with van der Waals surface area (Å²) < 4.78 is 21.1. The third-order valence-corrected chi connectivity index (χ3v) is 3.55. The molecular weight excluding hydrogens is 332 g/mol. The van der Waals surface area contributed by atoms with E-state index in [0.717, 1.165) is 0 Å². The van der Waals surface area contributed by atoms with Gasteiger partial charge >= 0.3 is 7.60 Å². The van der Waals surface area contributed by atoms with Crippen molar-refractivity contribution in [2.24, 2.45) is 0 Å². The Morgan fingerprint density at radius 3 is 2.39 bits per heavy atom. The van der Waals surface area contributed by atoms with Gasteiger partial charge in [-0.2, -0.15) is 0 Å². The maximum absolute atomic E-state index is 11.3. The molecule has 3 atom stereocenters. The van der Waals surface area contributed by atoms with Crippen LogP contribution >= 0.6 is 7.60 Å². The molecule has 111 valence electrons. The van der Waals surface area contributed by atoms with Crippen LogP contribution in [0.4, 0.5) is 0 Å². The van der Waals surface area contributed by atoms with Crippen molar-refractivity contribution < 1.29 is 56.5 Å². The van der Waals surface area contributed by atoms with Crippen LogP contribution in [-0.2, 0) is 46.5 Å². The van der Waals surface area contributed by atoms with Gasteiger partial charge in [-0.15, -0.1) is 6.42 Å². The molecule has 3 unspecified atom stereocenters. The van der Waals surface area contributed by atoms with E-state index in [0.29, 0.717) is 12.8 Å². The van der Waals surface area contributed by atoms with Crippen molar-refractivity contribution in [3.8, 4) is 0 Å². The summed E-state index contributed by atoms with van der Waals surface area (Å²) in [6, 6.07) is 0. The average Bonchev–Trinajstić information content (AvgIpc) is 2.48. The number of hydrogen-bond donors (Lipinski definition) is 2. The van der Waals surface area contributed by atoms with Crippen LogP contribution in [0.25, 0.3) is 0 Å². The van der Waals surface area contributed by atoms with Crippen LogP contribution in [0.1, 0.15) is 42.0 Å². The molecule has 2 N–H and O–H groups in total. The normalized spacial score (nSPS) is 24.6. The van der Waals surface area contributed by atoms with Crippen molar-refractivity contribution in [1.82, 2.24) is 0 Å². The standard InChI is InChI=1S/C8H16O5P.3CH4.Y/c1-2-5-14(10,11)13-6-8-7(9)3-4-12-8;;;;/h4,7-9H,2-3,5-6H2,1H3,(H,10,11);3*1H4;/q-1;;;;. The molecule has 1 heterocycles. The summed E-state index contributed by atoms with van der Waals surface area (Å²) in [5.41, 5.74) is 0. The molecule has 1 aliphatic heterocycles. The molecule has 0 spiro atoms. The van der Waals surface area contributed by atoms with Crippen LogP contribution in [0.5, 0.6) is 0 Å². The Hall–Kier alpha value is 1.17. The fourth-order valence-electron chi connectivity index (χ4n) is 1.21. The summed E-state index contributed by atoms with van der Waals surface area (Å²) in [5.74, 6) is 0. The van der Waals surface area contributed by atoms with E-state index in [1.807, 2.05) is 0 Å². The van der Waals surface area contributed by atoms with Gasteiger partial charge in [-0.3, -0.25) is 4.57 Å². The van der Waals surface area contributed by atoms with Gasteiger partial charge in [0.25, 0.3) is 0 Å². The first-order valence-electron chi connectivity index (χ1n) is 4.66. The molecule has 0 saturated carbocycles. The molecule has 1 saturated heterocycles. The fraction of sp³-hybridized carbons (Fsp3) is 0.909. The minimum absolute atomic E-state index is 0. The van der Waals surface area contributed by atoms with E-state index in [4.69, 9.17) is 9.26 Å². The molecule has 7 heteroatoms. The predicted octanol–water partition coefficient (Wildman–Crippen LogP) is 2.82. The molecule has 0 aliphatic carbocycles. The molecule has 1 radical (unpaired) electrons. The van der Waals surface area contributed by atoms with Crippen LogP contribution in [-0.4, -0.2) is 35.0 Å². The van der Waals surface area contributed by atoms with Gasteiger partial charge in [0.2, 0.25) is 0 Å². The zero-order valence-electron chi connectivity index (χ0n) is 8.70. The number of ether oxygens (including phenoxy) is 1. The molecule has 0 aromatic heterocycles. The number of aliphatic hydroxyl groups is 1. The fourth-order valence-corrected chi connectivity index (χ4v) is 2.28. The number of aliphatic hydroxyl groups excluding tert-OH is 1. The van der Waals surface area contributed by atoms with Crippen molar-refractivity contribution in [2.45, 2.75) is 54.3 Å². The van der Waals surface area contributed by atoms with Crippen LogP contribution in [0.2, 0.25) is 0 Å². The SMILES string of the molecule is C.C.C.CCCP(=O)(O)OCC1O[CH-]CC1O.[Y]. The molecule has 1 rings (SSSR count). The molecular formula is C11H28O5PY-. The van der Waals surface area contributed by atoms with Gasteiger partial charge in [0, 0.05) is 38.9 Å². The first-order chi connectivity index (χ1) is 6.55. The predicted molar refractivity (Wildman–Crippen MR) is 70.9 cm³/mol. The molecule has 1 aliphatic rings. The van der Waals surface area contributed by atoms with Crippen LogP contribution in [0, 0.1) is 6.61 Å². The maximum atomic E-state index is 11.3. The van der Waals surface area contributed by atoms with E-state index in [1.165, 1.54) is 6.61 Å². The van der Waals surface area contributed by atoms with E-state index in [9.17, 15) is 14.6 Å². The van der Waals surface area contributed by atoms with Crippen molar-refractivity contribution in [1.29, 1.82) is 0 Å². The van der Waals surface area contributed by atoms with Crippen LogP contribution in [0.3, 0.4) is 0 Å².